The quantitative estimate of drug-likeness (QED) is 0.162. The number of benzene rings is 1. The third-order valence-electron chi connectivity index (χ3n) is 3.40. The minimum atomic E-state index is -0.921. The van der Waals surface area contributed by atoms with Crippen molar-refractivity contribution in [1.82, 2.24) is 21.1 Å². The van der Waals surface area contributed by atoms with Crippen molar-refractivity contribution in [2.45, 2.75) is 24.1 Å². The molecule has 0 bridgehead atoms. The van der Waals surface area contributed by atoms with Gasteiger partial charge < -0.3 is 15.5 Å². The van der Waals surface area contributed by atoms with Crippen LogP contribution in [0.25, 0.3) is 0 Å². The Morgan fingerprint density at radius 3 is 2.82 bits per heavy atom. The number of aliphatic imine (C=N–C) groups is 1. The molecule has 0 radical (unpaired) electrons. The van der Waals surface area contributed by atoms with Crippen LogP contribution >= 0.6 is 27.7 Å². The molecule has 2 unspecified atom stereocenters. The number of carbonyl (C=O) groups excluding carboxylic acids is 1. The zero-order chi connectivity index (χ0) is 20.7. The summed E-state index contributed by atoms with van der Waals surface area (Å²) in [5.41, 5.74) is 2.22. The van der Waals surface area contributed by atoms with Crippen LogP contribution in [0, 0.1) is 5.82 Å². The van der Waals surface area contributed by atoms with Crippen LogP contribution in [0.3, 0.4) is 0 Å². The van der Waals surface area contributed by atoms with Crippen molar-refractivity contribution in [3.05, 3.63) is 34.2 Å². The number of carbonyl (C=O) groups is 1. The highest BCUT2D eigenvalue weighted by Gasteiger charge is 2.20. The molecule has 1 heterocycles. The summed E-state index contributed by atoms with van der Waals surface area (Å²) in [5.74, 6) is -1.18. The van der Waals surface area contributed by atoms with Crippen molar-refractivity contribution >= 4 is 45.1 Å². The molecule has 0 aliphatic heterocycles. The van der Waals surface area contributed by atoms with Gasteiger partial charge in [-0.1, -0.05) is 11.8 Å². The van der Waals surface area contributed by atoms with E-state index >= 15 is 0 Å². The van der Waals surface area contributed by atoms with Crippen molar-refractivity contribution in [1.29, 1.82) is 0 Å². The molecule has 2 rings (SSSR count). The summed E-state index contributed by atoms with van der Waals surface area (Å²) in [6, 6.07) is 3.18. The van der Waals surface area contributed by atoms with Gasteiger partial charge in [-0.3, -0.25) is 15.5 Å². The first-order chi connectivity index (χ1) is 13.3. The van der Waals surface area contributed by atoms with E-state index in [1.54, 1.807) is 0 Å². The average molecular weight is 478 g/mol. The lowest BCUT2D eigenvalue weighted by Gasteiger charge is -2.18. The number of hydrogen-bond donors (Lipinski definition) is 5. The number of rotatable bonds is 8. The van der Waals surface area contributed by atoms with Gasteiger partial charge >= 0.3 is 0 Å². The Bertz CT molecular complexity index is 850. The number of halogens is 2. The molecule has 0 saturated heterocycles. The normalized spacial score (nSPS) is 13.9. The van der Waals surface area contributed by atoms with E-state index in [0.717, 1.165) is 11.8 Å². The fraction of sp³-hybridized carbons (Fsp3) is 0.333. The summed E-state index contributed by atoms with van der Waals surface area (Å²) in [7, 11) is 0. The molecule has 1 aromatic heterocycles. The zero-order valence-corrected chi connectivity index (χ0v) is 16.9. The third-order valence-corrected chi connectivity index (χ3v) is 4.95. The van der Waals surface area contributed by atoms with E-state index in [9.17, 15) is 19.5 Å². The van der Waals surface area contributed by atoms with Crippen LogP contribution in [0.2, 0.25) is 0 Å². The monoisotopic (exact) mass is 477 g/mol. The van der Waals surface area contributed by atoms with E-state index in [2.05, 4.69) is 41.2 Å². The Hall–Kier alpha value is -2.06. The predicted octanol–water partition coefficient (Wildman–Crippen LogP) is 0.978. The van der Waals surface area contributed by atoms with E-state index < -0.39 is 30.5 Å². The van der Waals surface area contributed by atoms with Gasteiger partial charge in [0.05, 0.1) is 34.7 Å². The molecule has 13 heteroatoms. The Morgan fingerprint density at radius 1 is 1.46 bits per heavy atom. The maximum absolute atomic E-state index is 13.3. The van der Waals surface area contributed by atoms with Crippen molar-refractivity contribution in [3.63, 3.8) is 0 Å². The second kappa shape index (κ2) is 10.5. The molecule has 5 N–H and O–H groups in total. The van der Waals surface area contributed by atoms with E-state index in [-0.39, 0.29) is 26.8 Å². The summed E-state index contributed by atoms with van der Waals surface area (Å²) in [6.07, 6.45) is -0.921. The minimum Gasteiger partial charge on any atom is -0.394 e. The Balaban J connectivity index is 2.11. The topological polar surface area (TPSA) is 153 Å². The lowest BCUT2D eigenvalue weighted by atomic mass is 10.2. The van der Waals surface area contributed by atoms with E-state index in [4.69, 9.17) is 5.11 Å². The summed E-state index contributed by atoms with van der Waals surface area (Å²) in [6.45, 7) is 1.03. The van der Waals surface area contributed by atoms with Gasteiger partial charge in [-0.25, -0.2) is 14.0 Å². The maximum Gasteiger partial charge on any atom is 0.230 e. The molecule has 0 aliphatic rings. The standard InChI is InChI=1S/C15H17BrFN5O5S/c1-7(24)11(5-23)19-12(25)6-28-15-13(21-27-22-15)14(20-26)18-8-2-3-10(17)9(16)4-8/h2-4,7,11,23-24,26H,5-6H2,1H3,(H,18,20)(H,19,25). The van der Waals surface area contributed by atoms with Crippen molar-refractivity contribution in [2.24, 2.45) is 4.99 Å². The lowest BCUT2D eigenvalue weighted by molar-refractivity contribution is -0.120. The summed E-state index contributed by atoms with van der Waals surface area (Å²) >= 11 is 3.98. The number of nitrogens with zero attached hydrogens (tertiary/aromatic N) is 3. The van der Waals surface area contributed by atoms with Crippen LogP contribution in [0.1, 0.15) is 12.6 Å². The number of amidine groups is 1. The lowest BCUT2D eigenvalue weighted by Crippen LogP contribution is -2.45. The molecule has 1 aromatic carbocycles. The number of aliphatic hydroxyl groups is 2. The summed E-state index contributed by atoms with van der Waals surface area (Å²) in [4.78, 5) is 16.1. The SMILES string of the molecule is CC(O)C(CO)NC(=O)CSc1nonc1C(=Nc1ccc(F)c(Br)c1)NO. The van der Waals surface area contributed by atoms with Crippen molar-refractivity contribution < 1.29 is 29.2 Å². The van der Waals surface area contributed by atoms with E-state index in [1.165, 1.54) is 25.1 Å². The smallest absolute Gasteiger partial charge is 0.230 e. The summed E-state index contributed by atoms with van der Waals surface area (Å²) in [5, 5.41) is 37.9. The molecule has 0 fully saturated rings. The van der Waals surface area contributed by atoms with E-state index in [0.29, 0.717) is 5.69 Å². The molecule has 10 nitrogen and oxygen atoms in total. The van der Waals surface area contributed by atoms with Gasteiger partial charge in [-0.15, -0.1) is 0 Å². The minimum absolute atomic E-state index is 0.0370. The highest BCUT2D eigenvalue weighted by molar-refractivity contribution is 9.10. The largest absolute Gasteiger partial charge is 0.394 e. The number of hydroxylamine groups is 1. The van der Waals surface area contributed by atoms with Crippen LogP contribution in [-0.4, -0.2) is 62.0 Å². The fourth-order valence-corrected chi connectivity index (χ4v) is 3.01. The Labute approximate surface area is 171 Å². The van der Waals surface area contributed by atoms with Gasteiger partial charge in [-0.05, 0) is 51.4 Å². The van der Waals surface area contributed by atoms with Crippen LogP contribution in [-0.2, 0) is 4.79 Å². The third kappa shape index (κ3) is 5.97. The highest BCUT2D eigenvalue weighted by atomic mass is 79.9. The van der Waals surface area contributed by atoms with Gasteiger partial charge in [0.15, 0.2) is 16.6 Å². The van der Waals surface area contributed by atoms with Gasteiger partial charge in [0.2, 0.25) is 5.91 Å². The molecule has 0 spiro atoms. The fourth-order valence-electron chi connectivity index (χ4n) is 1.94. The second-order valence-corrected chi connectivity index (χ2v) is 7.29. The van der Waals surface area contributed by atoms with Crippen LogP contribution in [0.5, 0.6) is 0 Å². The van der Waals surface area contributed by atoms with Gasteiger partial charge in [0, 0.05) is 0 Å². The highest BCUT2D eigenvalue weighted by Crippen LogP contribution is 2.24. The number of aromatic nitrogens is 2. The molecule has 2 aromatic rings. The Morgan fingerprint density at radius 2 is 2.21 bits per heavy atom. The molecule has 152 valence electrons. The summed E-state index contributed by atoms with van der Waals surface area (Å²) < 4.78 is 18.2. The average Bonchev–Trinajstić information content (AvgIpc) is 3.13. The van der Waals surface area contributed by atoms with Crippen LogP contribution in [0.4, 0.5) is 10.1 Å². The first kappa shape index (κ1) is 22.2. The number of hydrogen-bond acceptors (Lipinski definition) is 9. The molecule has 0 aliphatic carbocycles. The van der Waals surface area contributed by atoms with Gasteiger partial charge in [0.25, 0.3) is 0 Å². The zero-order valence-electron chi connectivity index (χ0n) is 14.5. The van der Waals surface area contributed by atoms with Gasteiger partial charge in [-0.2, -0.15) is 0 Å². The number of nitrogens with one attached hydrogen (secondary N) is 2. The molecule has 0 saturated carbocycles. The molecule has 28 heavy (non-hydrogen) atoms. The number of amides is 1. The second-order valence-electron chi connectivity index (χ2n) is 5.47. The molecular weight excluding hydrogens is 461 g/mol. The predicted molar refractivity (Wildman–Crippen MR) is 101 cm³/mol. The van der Waals surface area contributed by atoms with Gasteiger partial charge in [0.1, 0.15) is 5.82 Å². The van der Waals surface area contributed by atoms with Crippen molar-refractivity contribution in [2.75, 3.05) is 12.4 Å². The number of aliphatic hydroxyl groups excluding tert-OH is 2. The van der Waals surface area contributed by atoms with Crippen LogP contribution < -0.4 is 10.8 Å². The van der Waals surface area contributed by atoms with Crippen LogP contribution in [0.15, 0.2) is 37.3 Å². The first-order valence-electron chi connectivity index (χ1n) is 7.83. The van der Waals surface area contributed by atoms with E-state index in [1.807, 2.05) is 5.48 Å². The molecule has 2 atom stereocenters. The molecular formula is C15H17BrFN5O5S. The maximum atomic E-state index is 13.3. The number of thioether (sulfide) groups is 1. The Kier molecular flexibility index (Phi) is 8.32. The molecule has 1 amide bonds. The van der Waals surface area contributed by atoms with Crippen molar-refractivity contribution in [3.8, 4) is 0 Å². The first-order valence-corrected chi connectivity index (χ1v) is 9.61.